The topological polar surface area (TPSA) is 81.1 Å². The van der Waals surface area contributed by atoms with Crippen LogP contribution in [0.3, 0.4) is 0 Å². The molecule has 3 aromatic rings. The summed E-state index contributed by atoms with van der Waals surface area (Å²) >= 11 is 0. The number of rotatable bonds is 4. The molecule has 166 valence electrons. The number of hydrogen-bond donors (Lipinski definition) is 0. The largest absolute Gasteiger partial charge is 0.472 e. The Morgan fingerprint density at radius 2 is 1.88 bits per heavy atom. The zero-order chi connectivity index (χ0) is 22.7. The van der Waals surface area contributed by atoms with Crippen LogP contribution in [0.1, 0.15) is 34.5 Å². The number of aromatic nitrogens is 4. The molecule has 1 amide bonds. The van der Waals surface area contributed by atoms with E-state index in [0.29, 0.717) is 30.8 Å². The Hall–Kier alpha value is -3.56. The van der Waals surface area contributed by atoms with E-state index < -0.39 is 17.8 Å². The van der Waals surface area contributed by atoms with Crippen LogP contribution in [0.4, 0.5) is 13.2 Å². The number of halogens is 3. The van der Waals surface area contributed by atoms with Gasteiger partial charge in [0.05, 0.1) is 17.7 Å². The van der Waals surface area contributed by atoms with Gasteiger partial charge in [0.15, 0.2) is 5.82 Å². The summed E-state index contributed by atoms with van der Waals surface area (Å²) < 4.78 is 43.9. The van der Waals surface area contributed by atoms with Crippen molar-refractivity contribution in [1.82, 2.24) is 24.8 Å². The lowest BCUT2D eigenvalue weighted by Crippen LogP contribution is -2.44. The number of pyridine rings is 2. The maximum atomic E-state index is 13.3. The van der Waals surface area contributed by atoms with Gasteiger partial charge in [-0.25, -0.2) is 15.0 Å². The van der Waals surface area contributed by atoms with Crippen molar-refractivity contribution in [1.29, 1.82) is 0 Å². The van der Waals surface area contributed by atoms with Crippen molar-refractivity contribution in [2.45, 2.75) is 32.0 Å². The molecular weight excluding hydrogens is 423 g/mol. The van der Waals surface area contributed by atoms with Crippen molar-refractivity contribution < 1.29 is 22.7 Å². The monoisotopic (exact) mass is 443 g/mol. The Kier molecular flexibility index (Phi) is 6.02. The van der Waals surface area contributed by atoms with Crippen LogP contribution in [0.15, 0.2) is 49.1 Å². The number of aryl methyl sites for hydroxylation is 1. The fraction of sp³-hybridized carbons (Fsp3) is 0.318. The van der Waals surface area contributed by atoms with Gasteiger partial charge in [-0.1, -0.05) is 0 Å². The number of nitrogens with zero attached hydrogens (tertiary/aromatic N) is 5. The smallest absolute Gasteiger partial charge is 0.417 e. The first-order valence-electron chi connectivity index (χ1n) is 10.0. The van der Waals surface area contributed by atoms with Crippen molar-refractivity contribution in [3.05, 3.63) is 65.9 Å². The number of piperidine rings is 1. The van der Waals surface area contributed by atoms with Crippen molar-refractivity contribution in [2.75, 3.05) is 13.1 Å². The summed E-state index contributed by atoms with van der Waals surface area (Å²) in [6.07, 6.45) is 2.00. The van der Waals surface area contributed by atoms with Crippen molar-refractivity contribution >= 4 is 5.91 Å². The molecule has 1 unspecified atom stereocenters. The van der Waals surface area contributed by atoms with Crippen LogP contribution in [-0.2, 0) is 6.18 Å². The van der Waals surface area contributed by atoms with Gasteiger partial charge in [-0.3, -0.25) is 9.78 Å². The Bertz CT molecular complexity index is 1090. The van der Waals surface area contributed by atoms with Crippen LogP contribution in [0.5, 0.6) is 5.88 Å². The van der Waals surface area contributed by atoms with E-state index in [-0.39, 0.29) is 24.0 Å². The molecule has 10 heteroatoms. The second kappa shape index (κ2) is 8.89. The van der Waals surface area contributed by atoms with Gasteiger partial charge >= 0.3 is 6.18 Å². The SMILES string of the molecule is Cc1ccnc(C(=O)N2CCCC(Oc3ccc(C(F)(F)F)cn3)C2)c1-c1ncccn1. The average molecular weight is 443 g/mol. The predicted octanol–water partition coefficient (Wildman–Crippen LogP) is 3.94. The number of hydrogen-bond acceptors (Lipinski definition) is 6. The van der Waals surface area contributed by atoms with Crippen molar-refractivity contribution in [3.63, 3.8) is 0 Å². The summed E-state index contributed by atoms with van der Waals surface area (Å²) in [6, 6.07) is 5.60. The summed E-state index contributed by atoms with van der Waals surface area (Å²) in [6.45, 7) is 2.65. The van der Waals surface area contributed by atoms with E-state index in [1.807, 2.05) is 6.92 Å². The molecule has 32 heavy (non-hydrogen) atoms. The molecule has 1 saturated heterocycles. The molecule has 0 radical (unpaired) electrons. The van der Waals surface area contributed by atoms with Gasteiger partial charge in [-0.05, 0) is 43.5 Å². The number of likely N-dealkylation sites (tertiary alicyclic amines) is 1. The van der Waals surface area contributed by atoms with Crippen LogP contribution in [-0.4, -0.2) is 49.9 Å². The summed E-state index contributed by atoms with van der Waals surface area (Å²) in [4.78, 5) is 31.5. The van der Waals surface area contributed by atoms with E-state index in [1.54, 1.807) is 35.6 Å². The number of ether oxygens (including phenoxy) is 1. The van der Waals surface area contributed by atoms with Gasteiger partial charge in [0.2, 0.25) is 5.88 Å². The molecule has 0 saturated carbocycles. The highest BCUT2D eigenvalue weighted by Crippen LogP contribution is 2.30. The van der Waals surface area contributed by atoms with Gasteiger partial charge in [0.1, 0.15) is 11.8 Å². The number of alkyl halides is 3. The molecule has 0 aromatic carbocycles. The second-order valence-corrected chi connectivity index (χ2v) is 7.44. The Morgan fingerprint density at radius 3 is 2.56 bits per heavy atom. The summed E-state index contributed by atoms with van der Waals surface area (Å²) in [7, 11) is 0. The van der Waals surface area contributed by atoms with Gasteiger partial charge in [-0.2, -0.15) is 13.2 Å². The molecular formula is C22H20F3N5O2. The predicted molar refractivity (Wildman–Crippen MR) is 109 cm³/mol. The van der Waals surface area contributed by atoms with E-state index in [2.05, 4.69) is 19.9 Å². The van der Waals surface area contributed by atoms with Gasteiger partial charge in [-0.15, -0.1) is 0 Å². The molecule has 4 heterocycles. The quantitative estimate of drug-likeness (QED) is 0.608. The van der Waals surface area contributed by atoms with Gasteiger partial charge < -0.3 is 9.64 Å². The third-order valence-electron chi connectivity index (χ3n) is 5.17. The van der Waals surface area contributed by atoms with E-state index in [0.717, 1.165) is 17.8 Å². The van der Waals surface area contributed by atoms with E-state index in [9.17, 15) is 18.0 Å². The Morgan fingerprint density at radius 1 is 1.09 bits per heavy atom. The van der Waals surface area contributed by atoms with Gasteiger partial charge in [0, 0.05) is 37.4 Å². The van der Waals surface area contributed by atoms with E-state index in [4.69, 9.17) is 4.74 Å². The minimum atomic E-state index is -4.46. The molecule has 0 N–H and O–H groups in total. The molecule has 7 nitrogen and oxygen atoms in total. The standard InChI is InChI=1S/C22H20F3N5O2/c1-14-7-10-26-19(18(14)20-27-8-3-9-28-20)21(31)30-11-2-4-16(13-30)32-17-6-5-15(12-29-17)22(23,24)25/h3,5-10,12,16H,2,4,11,13H2,1H3. The highest BCUT2D eigenvalue weighted by molar-refractivity contribution is 5.98. The molecule has 0 aliphatic carbocycles. The second-order valence-electron chi connectivity index (χ2n) is 7.44. The van der Waals surface area contributed by atoms with Crippen LogP contribution < -0.4 is 4.74 Å². The van der Waals surface area contributed by atoms with Crippen LogP contribution in [0.2, 0.25) is 0 Å². The zero-order valence-electron chi connectivity index (χ0n) is 17.2. The zero-order valence-corrected chi connectivity index (χ0v) is 17.2. The minimum Gasteiger partial charge on any atom is -0.472 e. The molecule has 1 aliphatic rings. The third-order valence-corrected chi connectivity index (χ3v) is 5.17. The lowest BCUT2D eigenvalue weighted by molar-refractivity contribution is -0.137. The number of amides is 1. The summed E-state index contributed by atoms with van der Waals surface area (Å²) in [5.74, 6) is 0.231. The number of carbonyl (C=O) groups excluding carboxylic acids is 1. The van der Waals surface area contributed by atoms with Crippen LogP contribution in [0, 0.1) is 6.92 Å². The fourth-order valence-corrected chi connectivity index (χ4v) is 3.59. The third kappa shape index (κ3) is 4.68. The van der Waals surface area contributed by atoms with Crippen molar-refractivity contribution in [3.8, 4) is 17.3 Å². The molecule has 0 bridgehead atoms. The average Bonchev–Trinajstić information content (AvgIpc) is 2.79. The van der Waals surface area contributed by atoms with Crippen LogP contribution in [0.25, 0.3) is 11.4 Å². The van der Waals surface area contributed by atoms with E-state index >= 15 is 0 Å². The van der Waals surface area contributed by atoms with Gasteiger partial charge in [0.25, 0.3) is 5.91 Å². The summed E-state index contributed by atoms with van der Waals surface area (Å²) in [5, 5.41) is 0. The molecule has 1 aliphatic heterocycles. The fourth-order valence-electron chi connectivity index (χ4n) is 3.59. The first kappa shape index (κ1) is 21.7. The first-order chi connectivity index (χ1) is 15.3. The Labute approximate surface area is 182 Å². The van der Waals surface area contributed by atoms with E-state index in [1.165, 1.54) is 6.07 Å². The van der Waals surface area contributed by atoms with Crippen LogP contribution >= 0.6 is 0 Å². The minimum absolute atomic E-state index is 0.0874. The number of carbonyl (C=O) groups is 1. The maximum Gasteiger partial charge on any atom is 0.417 e. The maximum absolute atomic E-state index is 13.3. The molecule has 4 rings (SSSR count). The molecule has 0 spiro atoms. The molecule has 1 fully saturated rings. The highest BCUT2D eigenvalue weighted by atomic mass is 19.4. The normalized spacial score (nSPS) is 16.6. The Balaban J connectivity index is 1.51. The lowest BCUT2D eigenvalue weighted by atomic mass is 10.0. The van der Waals surface area contributed by atoms with Crippen molar-refractivity contribution in [2.24, 2.45) is 0 Å². The highest BCUT2D eigenvalue weighted by Gasteiger charge is 2.32. The summed E-state index contributed by atoms with van der Waals surface area (Å²) in [5.41, 5.74) is 0.815. The first-order valence-corrected chi connectivity index (χ1v) is 10.0. The molecule has 1 atom stereocenters. The molecule has 3 aromatic heterocycles. The lowest BCUT2D eigenvalue weighted by Gasteiger charge is -2.32.